The number of carbonyl (C=O) groups is 2. The molecule has 1 aromatic carbocycles. The quantitative estimate of drug-likeness (QED) is 0.540. The molecule has 0 spiro atoms. The van der Waals surface area contributed by atoms with Crippen molar-refractivity contribution in [2.45, 2.75) is 39.4 Å². The average molecular weight is 444 g/mol. The zero-order valence-corrected chi connectivity index (χ0v) is 19.0. The summed E-state index contributed by atoms with van der Waals surface area (Å²) in [7, 11) is 1.79. The lowest BCUT2D eigenvalue weighted by Crippen LogP contribution is -2.33. The van der Waals surface area contributed by atoms with Crippen LogP contribution in [0.2, 0.25) is 0 Å². The van der Waals surface area contributed by atoms with Gasteiger partial charge in [0.15, 0.2) is 10.6 Å². The van der Waals surface area contributed by atoms with E-state index in [0.717, 1.165) is 10.4 Å². The summed E-state index contributed by atoms with van der Waals surface area (Å²) in [6, 6.07) is 10.8. The van der Waals surface area contributed by atoms with E-state index >= 15 is 0 Å². The molecule has 30 heavy (non-hydrogen) atoms. The Kier molecular flexibility index (Phi) is 6.84. The van der Waals surface area contributed by atoms with Gasteiger partial charge in [-0.2, -0.15) is 5.10 Å². The molecule has 0 aliphatic heterocycles. The highest BCUT2D eigenvalue weighted by Crippen LogP contribution is 2.25. The first kappa shape index (κ1) is 21.9. The van der Waals surface area contributed by atoms with Crippen molar-refractivity contribution in [3.05, 3.63) is 57.7 Å². The molecular weight excluding hydrogens is 418 g/mol. The van der Waals surface area contributed by atoms with Crippen LogP contribution in [-0.4, -0.2) is 44.6 Å². The van der Waals surface area contributed by atoms with Crippen LogP contribution < -0.4 is 5.32 Å². The molecular formula is C21H25N5O2S2. The lowest BCUT2D eigenvalue weighted by atomic mass is 10.1. The number of H-pyrrole nitrogens is 1. The molecule has 0 aliphatic carbocycles. The summed E-state index contributed by atoms with van der Waals surface area (Å²) in [5.74, 6) is 0.462. The standard InChI is InChI=1S/C21H25N5O2S2/c1-13(2)25(4)20(28)16-9-7-15(8-10-16)12-22-19(27)14(3)26-18(23-24-21(26)29)17-6-5-11-30-17/h5-11,13-14H,12H2,1-4H3,(H,22,27)(H,24,29). The van der Waals surface area contributed by atoms with E-state index in [4.69, 9.17) is 12.2 Å². The van der Waals surface area contributed by atoms with Crippen molar-refractivity contribution in [1.82, 2.24) is 25.0 Å². The summed E-state index contributed by atoms with van der Waals surface area (Å²) in [5.41, 5.74) is 1.54. The molecule has 158 valence electrons. The first-order chi connectivity index (χ1) is 14.3. The Morgan fingerprint density at radius 1 is 1.23 bits per heavy atom. The Hall–Kier alpha value is -2.78. The molecule has 3 rings (SSSR count). The lowest BCUT2D eigenvalue weighted by molar-refractivity contribution is -0.124. The minimum Gasteiger partial charge on any atom is -0.350 e. The van der Waals surface area contributed by atoms with Gasteiger partial charge in [0.25, 0.3) is 5.91 Å². The van der Waals surface area contributed by atoms with Crippen molar-refractivity contribution >= 4 is 35.4 Å². The smallest absolute Gasteiger partial charge is 0.253 e. The van der Waals surface area contributed by atoms with Crippen molar-refractivity contribution in [3.63, 3.8) is 0 Å². The molecule has 0 aliphatic rings. The van der Waals surface area contributed by atoms with Gasteiger partial charge in [0.05, 0.1) is 4.88 Å². The van der Waals surface area contributed by atoms with Crippen molar-refractivity contribution < 1.29 is 9.59 Å². The second-order valence-electron chi connectivity index (χ2n) is 7.30. The fourth-order valence-electron chi connectivity index (χ4n) is 2.90. The molecule has 2 aromatic heterocycles. The number of hydrogen-bond donors (Lipinski definition) is 2. The Balaban J connectivity index is 1.66. The van der Waals surface area contributed by atoms with Gasteiger partial charge in [0.2, 0.25) is 5.91 Å². The van der Waals surface area contributed by atoms with Crippen molar-refractivity contribution in [1.29, 1.82) is 0 Å². The third kappa shape index (κ3) is 4.68. The minimum absolute atomic E-state index is 0.0235. The summed E-state index contributed by atoms with van der Waals surface area (Å²) >= 11 is 6.87. The van der Waals surface area contributed by atoms with Gasteiger partial charge in [0, 0.05) is 25.2 Å². The number of aromatic nitrogens is 3. The third-order valence-electron chi connectivity index (χ3n) is 4.98. The summed E-state index contributed by atoms with van der Waals surface area (Å²) in [5, 5.41) is 11.9. The van der Waals surface area contributed by atoms with Crippen LogP contribution in [0, 0.1) is 4.77 Å². The van der Waals surface area contributed by atoms with Crippen LogP contribution >= 0.6 is 23.6 Å². The van der Waals surface area contributed by atoms with Crippen LogP contribution in [0.3, 0.4) is 0 Å². The Bertz CT molecular complexity index is 1070. The topological polar surface area (TPSA) is 83.0 Å². The maximum atomic E-state index is 12.8. The van der Waals surface area contributed by atoms with Crippen molar-refractivity contribution in [3.8, 4) is 10.7 Å². The van der Waals surface area contributed by atoms with Gasteiger partial charge < -0.3 is 10.2 Å². The van der Waals surface area contributed by atoms with E-state index in [1.165, 1.54) is 11.3 Å². The summed E-state index contributed by atoms with van der Waals surface area (Å²) in [4.78, 5) is 27.8. The predicted molar refractivity (Wildman–Crippen MR) is 121 cm³/mol. The molecule has 9 heteroatoms. The Labute approximate surface area is 184 Å². The number of rotatable bonds is 7. The van der Waals surface area contributed by atoms with Crippen LogP contribution in [0.15, 0.2) is 41.8 Å². The van der Waals surface area contributed by atoms with Gasteiger partial charge in [-0.05, 0) is 62.1 Å². The van der Waals surface area contributed by atoms with Crippen LogP contribution in [0.25, 0.3) is 10.7 Å². The molecule has 1 unspecified atom stereocenters. The van der Waals surface area contributed by atoms with Gasteiger partial charge in [-0.15, -0.1) is 11.3 Å². The number of carbonyl (C=O) groups excluding carboxylic acids is 2. The van der Waals surface area contributed by atoms with Gasteiger partial charge in [0.1, 0.15) is 6.04 Å². The second kappa shape index (κ2) is 9.36. The van der Waals surface area contributed by atoms with Crippen molar-refractivity contribution in [2.24, 2.45) is 0 Å². The highest BCUT2D eigenvalue weighted by molar-refractivity contribution is 7.71. The van der Waals surface area contributed by atoms with E-state index in [-0.39, 0.29) is 17.9 Å². The highest BCUT2D eigenvalue weighted by atomic mass is 32.1. The molecule has 2 heterocycles. The van der Waals surface area contributed by atoms with Gasteiger partial charge in [-0.25, -0.2) is 0 Å². The molecule has 1 atom stereocenters. The molecule has 0 saturated heterocycles. The number of hydrogen-bond acceptors (Lipinski definition) is 5. The Morgan fingerprint density at radius 2 is 1.93 bits per heavy atom. The molecule has 2 N–H and O–H groups in total. The van der Waals surface area contributed by atoms with Crippen LogP contribution in [0.5, 0.6) is 0 Å². The average Bonchev–Trinajstić information content (AvgIpc) is 3.40. The SMILES string of the molecule is CC(C)N(C)C(=O)c1ccc(CNC(=O)C(C)n2c(-c3cccs3)n[nH]c2=S)cc1. The van der Waals surface area contributed by atoms with Crippen LogP contribution in [-0.2, 0) is 11.3 Å². The molecule has 0 bridgehead atoms. The number of nitrogens with zero attached hydrogens (tertiary/aromatic N) is 3. The zero-order chi connectivity index (χ0) is 21.8. The number of amides is 2. The summed E-state index contributed by atoms with van der Waals surface area (Å²) < 4.78 is 2.12. The maximum Gasteiger partial charge on any atom is 0.253 e. The Morgan fingerprint density at radius 3 is 2.53 bits per heavy atom. The number of benzene rings is 1. The van der Waals surface area contributed by atoms with Gasteiger partial charge in [-0.3, -0.25) is 19.3 Å². The number of aromatic amines is 1. The second-order valence-corrected chi connectivity index (χ2v) is 8.63. The predicted octanol–water partition coefficient (Wildman–Crippen LogP) is 4.03. The molecule has 3 aromatic rings. The van der Waals surface area contributed by atoms with E-state index in [0.29, 0.717) is 22.7 Å². The largest absolute Gasteiger partial charge is 0.350 e. The highest BCUT2D eigenvalue weighted by Gasteiger charge is 2.21. The molecule has 0 fully saturated rings. The summed E-state index contributed by atoms with van der Waals surface area (Å²) in [6.07, 6.45) is 0. The zero-order valence-electron chi connectivity index (χ0n) is 17.4. The van der Waals surface area contributed by atoms with Gasteiger partial charge >= 0.3 is 0 Å². The number of nitrogens with one attached hydrogen (secondary N) is 2. The van der Waals surface area contributed by atoms with Crippen molar-refractivity contribution in [2.75, 3.05) is 7.05 Å². The van der Waals surface area contributed by atoms with Crippen LogP contribution in [0.1, 0.15) is 42.7 Å². The van der Waals surface area contributed by atoms with E-state index in [2.05, 4.69) is 15.5 Å². The fraction of sp³-hybridized carbons (Fsp3) is 0.333. The van der Waals surface area contributed by atoms with Gasteiger partial charge in [-0.1, -0.05) is 18.2 Å². The normalized spacial score (nSPS) is 12.0. The first-order valence-electron chi connectivity index (χ1n) is 9.64. The minimum atomic E-state index is -0.520. The monoisotopic (exact) mass is 443 g/mol. The molecule has 7 nitrogen and oxygen atoms in total. The third-order valence-corrected chi connectivity index (χ3v) is 6.13. The molecule has 0 saturated carbocycles. The van der Waals surface area contributed by atoms with E-state index in [1.54, 1.807) is 35.6 Å². The number of thiophene rings is 1. The van der Waals surface area contributed by atoms with E-state index in [1.807, 2.05) is 43.5 Å². The van der Waals surface area contributed by atoms with E-state index in [9.17, 15) is 9.59 Å². The molecule has 0 radical (unpaired) electrons. The van der Waals surface area contributed by atoms with E-state index < -0.39 is 6.04 Å². The van der Waals surface area contributed by atoms with Crippen LogP contribution in [0.4, 0.5) is 0 Å². The summed E-state index contributed by atoms with van der Waals surface area (Å²) in [6.45, 7) is 6.09. The lowest BCUT2D eigenvalue weighted by Gasteiger charge is -2.21. The molecule has 2 amide bonds. The first-order valence-corrected chi connectivity index (χ1v) is 10.9. The fourth-order valence-corrected chi connectivity index (χ4v) is 3.90. The maximum absolute atomic E-state index is 12.8.